The van der Waals surface area contributed by atoms with Crippen molar-refractivity contribution in [3.05, 3.63) is 28.3 Å². The molecule has 136 valence electrons. The summed E-state index contributed by atoms with van der Waals surface area (Å²) in [5.74, 6) is -1.94. The lowest BCUT2D eigenvalue weighted by Crippen LogP contribution is -2.41. The topological polar surface area (TPSA) is 71.1 Å². The van der Waals surface area contributed by atoms with Crippen LogP contribution in [0.5, 0.6) is 11.5 Å². The maximum atomic E-state index is 12.0. The Morgan fingerprint density at radius 2 is 1.84 bits per heavy atom. The molecule has 1 aromatic rings. The summed E-state index contributed by atoms with van der Waals surface area (Å²) < 4.78 is 21.1. The Labute approximate surface area is 151 Å². The molecule has 1 heterocycles. The van der Waals surface area contributed by atoms with Crippen LogP contribution in [0.1, 0.15) is 39.2 Å². The van der Waals surface area contributed by atoms with Crippen LogP contribution in [0.25, 0.3) is 6.08 Å². The molecule has 0 N–H and O–H groups in total. The minimum Gasteiger partial charge on any atom is -0.493 e. The predicted octanol–water partition coefficient (Wildman–Crippen LogP) is 3.75. The highest BCUT2D eigenvalue weighted by Crippen LogP contribution is 2.37. The van der Waals surface area contributed by atoms with Crippen molar-refractivity contribution < 1.29 is 28.5 Å². The minimum absolute atomic E-state index is 0.211. The number of hydrogen-bond acceptors (Lipinski definition) is 6. The molecular formula is C18H21ClO6. The van der Waals surface area contributed by atoms with Crippen molar-refractivity contribution in [3.63, 3.8) is 0 Å². The Bertz CT molecular complexity index is 686. The molecule has 0 bridgehead atoms. The van der Waals surface area contributed by atoms with Crippen molar-refractivity contribution in [2.24, 2.45) is 0 Å². The van der Waals surface area contributed by atoms with E-state index < -0.39 is 17.7 Å². The van der Waals surface area contributed by atoms with Gasteiger partial charge in [0.1, 0.15) is 5.57 Å². The molecule has 1 aromatic carbocycles. The highest BCUT2D eigenvalue weighted by molar-refractivity contribution is 6.32. The number of ether oxygens (including phenoxy) is 4. The molecule has 0 aliphatic carbocycles. The average Bonchev–Trinajstić information content (AvgIpc) is 2.51. The first kappa shape index (κ1) is 19.1. The largest absolute Gasteiger partial charge is 0.493 e. The summed E-state index contributed by atoms with van der Waals surface area (Å²) in [5, 5.41) is 0.320. The molecule has 0 unspecified atom stereocenters. The summed E-state index contributed by atoms with van der Waals surface area (Å²) in [6.45, 7) is 5.55. The van der Waals surface area contributed by atoms with Gasteiger partial charge in [-0.1, -0.05) is 24.9 Å². The molecule has 0 atom stereocenters. The highest BCUT2D eigenvalue weighted by atomic mass is 35.5. The molecule has 1 aliphatic heterocycles. The zero-order chi connectivity index (χ0) is 18.6. The fraction of sp³-hybridized carbons (Fsp3) is 0.444. The van der Waals surface area contributed by atoms with Gasteiger partial charge in [-0.15, -0.1) is 0 Å². The van der Waals surface area contributed by atoms with Gasteiger partial charge in [0, 0.05) is 13.8 Å². The van der Waals surface area contributed by atoms with Gasteiger partial charge >= 0.3 is 11.9 Å². The van der Waals surface area contributed by atoms with Gasteiger partial charge in [-0.2, -0.15) is 0 Å². The zero-order valence-corrected chi connectivity index (χ0v) is 15.4. The maximum Gasteiger partial charge on any atom is 0.348 e. The Morgan fingerprint density at radius 1 is 1.20 bits per heavy atom. The van der Waals surface area contributed by atoms with Crippen LogP contribution in [0.3, 0.4) is 0 Å². The first-order valence-electron chi connectivity index (χ1n) is 7.96. The van der Waals surface area contributed by atoms with E-state index in [-0.39, 0.29) is 5.57 Å². The zero-order valence-electron chi connectivity index (χ0n) is 14.7. The molecular weight excluding hydrogens is 348 g/mol. The van der Waals surface area contributed by atoms with Gasteiger partial charge in [0.25, 0.3) is 5.79 Å². The second-order valence-corrected chi connectivity index (χ2v) is 6.38. The Morgan fingerprint density at radius 3 is 2.40 bits per heavy atom. The number of cyclic esters (lactones) is 2. The van der Waals surface area contributed by atoms with Crippen LogP contribution >= 0.6 is 11.6 Å². The van der Waals surface area contributed by atoms with Gasteiger partial charge in [-0.25, -0.2) is 9.59 Å². The molecule has 0 radical (unpaired) electrons. The standard InChI is InChI=1S/C18H21ClO6/c1-5-6-7-23-15-13(19)9-11(10-14(15)22-4)8-12-16(20)24-18(2,3)25-17(12)21/h8-10H,5-7H2,1-4H3. The first-order chi connectivity index (χ1) is 11.8. The van der Waals surface area contributed by atoms with Gasteiger partial charge < -0.3 is 18.9 Å². The van der Waals surface area contributed by atoms with E-state index in [9.17, 15) is 9.59 Å². The second kappa shape index (κ2) is 7.78. The van der Waals surface area contributed by atoms with Crippen LogP contribution in [0, 0.1) is 0 Å². The van der Waals surface area contributed by atoms with Gasteiger partial charge in [-0.05, 0) is 30.2 Å². The van der Waals surface area contributed by atoms with Crippen LogP contribution in [-0.4, -0.2) is 31.4 Å². The molecule has 1 aliphatic rings. The molecule has 0 amide bonds. The molecule has 6 nitrogen and oxygen atoms in total. The smallest absolute Gasteiger partial charge is 0.348 e. The maximum absolute atomic E-state index is 12.0. The summed E-state index contributed by atoms with van der Waals surface area (Å²) in [7, 11) is 1.49. The van der Waals surface area contributed by atoms with Crippen molar-refractivity contribution in [1.29, 1.82) is 0 Å². The van der Waals surface area contributed by atoms with E-state index in [2.05, 4.69) is 6.92 Å². The van der Waals surface area contributed by atoms with Gasteiger partial charge in [-0.3, -0.25) is 0 Å². The quantitative estimate of drug-likeness (QED) is 0.329. The lowest BCUT2D eigenvalue weighted by molar-refractivity contribution is -0.222. The molecule has 1 saturated heterocycles. The monoisotopic (exact) mass is 368 g/mol. The fourth-order valence-electron chi connectivity index (χ4n) is 2.23. The van der Waals surface area contributed by atoms with E-state index >= 15 is 0 Å². The molecule has 0 spiro atoms. The lowest BCUT2D eigenvalue weighted by atomic mass is 10.1. The lowest BCUT2D eigenvalue weighted by Gasteiger charge is -2.29. The van der Waals surface area contributed by atoms with Crippen molar-refractivity contribution in [3.8, 4) is 11.5 Å². The van der Waals surface area contributed by atoms with Crippen molar-refractivity contribution in [2.75, 3.05) is 13.7 Å². The third kappa shape index (κ3) is 4.66. The molecule has 1 fully saturated rings. The molecule has 2 rings (SSSR count). The molecule has 0 saturated carbocycles. The highest BCUT2D eigenvalue weighted by Gasteiger charge is 2.38. The van der Waals surface area contributed by atoms with Crippen LogP contribution < -0.4 is 9.47 Å². The van der Waals surface area contributed by atoms with Crippen molar-refractivity contribution in [1.82, 2.24) is 0 Å². The summed E-state index contributed by atoms with van der Waals surface area (Å²) in [6, 6.07) is 3.21. The summed E-state index contributed by atoms with van der Waals surface area (Å²) in [6.07, 6.45) is 3.23. The summed E-state index contributed by atoms with van der Waals surface area (Å²) in [5.41, 5.74) is 0.283. The first-order valence-corrected chi connectivity index (χ1v) is 8.34. The van der Waals surface area contributed by atoms with Crippen molar-refractivity contribution >= 4 is 29.6 Å². The van der Waals surface area contributed by atoms with Crippen LogP contribution in [0.4, 0.5) is 0 Å². The van der Waals surface area contributed by atoms with E-state index in [1.165, 1.54) is 27.0 Å². The molecule has 25 heavy (non-hydrogen) atoms. The van der Waals surface area contributed by atoms with Gasteiger partial charge in [0.15, 0.2) is 11.5 Å². The number of methoxy groups -OCH3 is 1. The normalized spacial score (nSPS) is 16.1. The van der Waals surface area contributed by atoms with E-state index in [0.717, 1.165) is 12.8 Å². The number of hydrogen-bond donors (Lipinski definition) is 0. The fourth-order valence-corrected chi connectivity index (χ4v) is 2.50. The Hall–Kier alpha value is -2.21. The number of esters is 2. The number of rotatable bonds is 6. The molecule has 0 aromatic heterocycles. The Kier molecular flexibility index (Phi) is 5.95. The van der Waals surface area contributed by atoms with E-state index in [0.29, 0.717) is 28.7 Å². The second-order valence-electron chi connectivity index (χ2n) is 5.97. The molecule has 7 heteroatoms. The van der Waals surface area contributed by atoms with E-state index in [4.69, 9.17) is 30.5 Å². The number of unbranched alkanes of at least 4 members (excludes halogenated alkanes) is 1. The number of carbonyl (C=O) groups is 2. The van der Waals surface area contributed by atoms with Gasteiger partial charge in [0.2, 0.25) is 0 Å². The van der Waals surface area contributed by atoms with E-state index in [1.807, 2.05) is 0 Å². The minimum atomic E-state index is -1.28. The van der Waals surface area contributed by atoms with Crippen molar-refractivity contribution in [2.45, 2.75) is 39.4 Å². The number of halogens is 1. The van der Waals surface area contributed by atoms with Crippen LogP contribution in [-0.2, 0) is 19.1 Å². The van der Waals surface area contributed by atoms with Crippen LogP contribution in [0.2, 0.25) is 5.02 Å². The predicted molar refractivity (Wildman–Crippen MR) is 92.6 cm³/mol. The van der Waals surface area contributed by atoms with Gasteiger partial charge in [0.05, 0.1) is 18.7 Å². The SMILES string of the molecule is CCCCOc1c(Cl)cc(C=C2C(=O)OC(C)(C)OC2=O)cc1OC. The number of carbonyl (C=O) groups excluding carboxylic acids is 2. The average molecular weight is 369 g/mol. The summed E-state index contributed by atoms with van der Waals surface area (Å²) in [4.78, 5) is 24.1. The van der Waals surface area contributed by atoms with E-state index in [1.54, 1.807) is 12.1 Å². The van der Waals surface area contributed by atoms with Crippen LogP contribution in [0.15, 0.2) is 17.7 Å². The Balaban J connectivity index is 2.32. The third-order valence-electron chi connectivity index (χ3n) is 3.42. The number of benzene rings is 1. The summed E-state index contributed by atoms with van der Waals surface area (Å²) >= 11 is 6.26. The third-order valence-corrected chi connectivity index (χ3v) is 3.70.